The minimum absolute atomic E-state index is 0.411. The monoisotopic (exact) mass is 234 g/mol. The predicted molar refractivity (Wildman–Crippen MR) is 70.1 cm³/mol. The van der Waals surface area contributed by atoms with Crippen LogP contribution in [0.4, 0.5) is 0 Å². The Morgan fingerprint density at radius 2 is 2.06 bits per heavy atom. The number of nitrogens with zero attached hydrogens (tertiary/aromatic N) is 1. The van der Waals surface area contributed by atoms with Crippen LogP contribution in [0.1, 0.15) is 18.0 Å². The minimum atomic E-state index is 0.411. The summed E-state index contributed by atoms with van der Waals surface area (Å²) in [5.41, 5.74) is 1.36. The van der Waals surface area contributed by atoms with E-state index in [-0.39, 0.29) is 0 Å². The lowest BCUT2D eigenvalue weighted by Crippen LogP contribution is -2.35. The van der Waals surface area contributed by atoms with E-state index in [1.165, 1.54) is 5.56 Å². The fourth-order valence-corrected chi connectivity index (χ4v) is 2.29. The van der Waals surface area contributed by atoms with Gasteiger partial charge in [-0.25, -0.2) is 0 Å². The highest BCUT2D eigenvalue weighted by atomic mass is 16.5. The van der Waals surface area contributed by atoms with E-state index in [9.17, 15) is 0 Å². The first-order valence-corrected chi connectivity index (χ1v) is 6.42. The van der Waals surface area contributed by atoms with E-state index in [1.807, 2.05) is 7.05 Å². The molecule has 1 aliphatic heterocycles. The third-order valence-electron chi connectivity index (χ3n) is 3.31. The van der Waals surface area contributed by atoms with Crippen LogP contribution < -0.4 is 5.32 Å². The third kappa shape index (κ3) is 3.80. The minimum Gasteiger partial charge on any atom is -0.380 e. The van der Waals surface area contributed by atoms with Crippen molar-refractivity contribution in [2.75, 3.05) is 39.9 Å². The molecule has 3 nitrogen and oxygen atoms in total. The van der Waals surface area contributed by atoms with E-state index in [0.717, 1.165) is 39.3 Å². The molecule has 1 aliphatic rings. The highest BCUT2D eigenvalue weighted by Gasteiger charge is 2.15. The van der Waals surface area contributed by atoms with Crippen molar-refractivity contribution in [3.63, 3.8) is 0 Å². The molecule has 0 aromatic heterocycles. The fraction of sp³-hybridized carbons (Fsp3) is 0.571. The Kier molecular flexibility index (Phi) is 4.98. The Hall–Kier alpha value is -0.900. The molecule has 1 fully saturated rings. The molecule has 1 unspecified atom stereocenters. The van der Waals surface area contributed by atoms with Crippen LogP contribution in [0.5, 0.6) is 0 Å². The molecule has 1 atom stereocenters. The molecule has 17 heavy (non-hydrogen) atoms. The number of likely N-dealkylation sites (N-methyl/N-ethyl adjacent to an activating group) is 1. The summed E-state index contributed by atoms with van der Waals surface area (Å²) in [6.07, 6.45) is 1.14. The van der Waals surface area contributed by atoms with Crippen molar-refractivity contribution in [2.45, 2.75) is 12.5 Å². The molecule has 1 aromatic carbocycles. The maximum Gasteiger partial charge on any atom is 0.0593 e. The zero-order valence-corrected chi connectivity index (χ0v) is 10.6. The maximum absolute atomic E-state index is 5.48. The lowest BCUT2D eigenvalue weighted by Gasteiger charge is -2.25. The lowest BCUT2D eigenvalue weighted by atomic mass is 10.1. The van der Waals surface area contributed by atoms with Crippen molar-refractivity contribution >= 4 is 0 Å². The molecule has 1 heterocycles. The van der Waals surface area contributed by atoms with Crippen LogP contribution in [0.25, 0.3) is 0 Å². The Bertz CT molecular complexity index is 307. The third-order valence-corrected chi connectivity index (χ3v) is 3.31. The molecule has 0 spiro atoms. The van der Waals surface area contributed by atoms with Gasteiger partial charge in [0.05, 0.1) is 6.61 Å². The normalized spacial score (nSPS) is 19.8. The van der Waals surface area contributed by atoms with Gasteiger partial charge in [-0.3, -0.25) is 4.90 Å². The zero-order chi connectivity index (χ0) is 11.9. The van der Waals surface area contributed by atoms with Gasteiger partial charge in [-0.1, -0.05) is 30.3 Å². The van der Waals surface area contributed by atoms with E-state index >= 15 is 0 Å². The number of benzene rings is 1. The Balaban J connectivity index is 1.94. The molecule has 1 N–H and O–H groups in total. The number of hydrogen-bond acceptors (Lipinski definition) is 3. The second-order valence-electron chi connectivity index (χ2n) is 4.52. The van der Waals surface area contributed by atoms with Gasteiger partial charge in [0.25, 0.3) is 0 Å². The Labute approximate surface area is 104 Å². The summed E-state index contributed by atoms with van der Waals surface area (Å²) in [5.74, 6) is 0. The molecule has 94 valence electrons. The second-order valence-corrected chi connectivity index (χ2v) is 4.52. The highest BCUT2D eigenvalue weighted by molar-refractivity contribution is 5.19. The number of nitrogens with one attached hydrogen (secondary N) is 1. The number of hydrogen-bond donors (Lipinski definition) is 1. The van der Waals surface area contributed by atoms with Gasteiger partial charge in [-0.2, -0.15) is 0 Å². The first-order valence-electron chi connectivity index (χ1n) is 6.42. The molecule has 0 saturated carbocycles. The summed E-state index contributed by atoms with van der Waals surface area (Å²) in [6, 6.07) is 11.1. The summed E-state index contributed by atoms with van der Waals surface area (Å²) in [6.45, 7) is 5.02. The molecular formula is C14H22N2O. The molecule has 1 aromatic rings. The van der Waals surface area contributed by atoms with Crippen LogP contribution >= 0.6 is 0 Å². The first-order chi connectivity index (χ1) is 8.40. The molecule has 0 amide bonds. The molecule has 1 saturated heterocycles. The van der Waals surface area contributed by atoms with Crippen molar-refractivity contribution in [3.8, 4) is 0 Å². The summed E-state index contributed by atoms with van der Waals surface area (Å²) < 4.78 is 5.48. The van der Waals surface area contributed by atoms with Crippen molar-refractivity contribution < 1.29 is 4.74 Å². The smallest absolute Gasteiger partial charge is 0.0593 e. The second kappa shape index (κ2) is 6.74. The van der Waals surface area contributed by atoms with Gasteiger partial charge in [0.1, 0.15) is 0 Å². The molecule has 0 radical (unpaired) electrons. The van der Waals surface area contributed by atoms with Crippen LogP contribution in [-0.2, 0) is 4.74 Å². The largest absolute Gasteiger partial charge is 0.380 e. The van der Waals surface area contributed by atoms with Gasteiger partial charge >= 0.3 is 0 Å². The van der Waals surface area contributed by atoms with Gasteiger partial charge in [0.2, 0.25) is 0 Å². The van der Waals surface area contributed by atoms with Gasteiger partial charge in [0, 0.05) is 32.3 Å². The van der Waals surface area contributed by atoms with Crippen LogP contribution in [0.2, 0.25) is 0 Å². The van der Waals surface area contributed by atoms with Crippen LogP contribution in [0, 0.1) is 0 Å². The Morgan fingerprint density at radius 3 is 2.82 bits per heavy atom. The molecular weight excluding hydrogens is 212 g/mol. The quantitative estimate of drug-likeness (QED) is 0.857. The standard InChI is InChI=1S/C14H22N2O/c1-15-14(13-6-3-2-4-7-13)12-16-8-5-10-17-11-9-16/h2-4,6-7,14-15H,5,8-12H2,1H3. The van der Waals surface area contributed by atoms with Gasteiger partial charge in [-0.15, -0.1) is 0 Å². The van der Waals surface area contributed by atoms with Crippen molar-refractivity contribution in [3.05, 3.63) is 35.9 Å². The number of rotatable bonds is 4. The zero-order valence-electron chi connectivity index (χ0n) is 10.6. The predicted octanol–water partition coefficient (Wildman–Crippen LogP) is 1.67. The average molecular weight is 234 g/mol. The first kappa shape index (κ1) is 12.6. The van der Waals surface area contributed by atoms with Gasteiger partial charge < -0.3 is 10.1 Å². The van der Waals surface area contributed by atoms with Gasteiger partial charge in [-0.05, 0) is 19.0 Å². The molecule has 2 rings (SSSR count). The molecule has 0 aliphatic carbocycles. The fourth-order valence-electron chi connectivity index (χ4n) is 2.29. The summed E-state index contributed by atoms with van der Waals surface area (Å²) in [7, 11) is 2.03. The summed E-state index contributed by atoms with van der Waals surface area (Å²) in [5, 5.41) is 3.40. The topological polar surface area (TPSA) is 24.5 Å². The van der Waals surface area contributed by atoms with E-state index in [0.29, 0.717) is 6.04 Å². The van der Waals surface area contributed by atoms with E-state index in [2.05, 4.69) is 40.5 Å². The average Bonchev–Trinajstić information content (AvgIpc) is 2.65. The van der Waals surface area contributed by atoms with Crippen LogP contribution in [-0.4, -0.2) is 44.8 Å². The number of ether oxygens (including phenoxy) is 1. The van der Waals surface area contributed by atoms with Crippen molar-refractivity contribution in [1.82, 2.24) is 10.2 Å². The SMILES string of the molecule is CNC(CN1CCCOCC1)c1ccccc1. The van der Waals surface area contributed by atoms with Crippen LogP contribution in [0.3, 0.4) is 0 Å². The summed E-state index contributed by atoms with van der Waals surface area (Å²) >= 11 is 0. The molecule has 3 heteroatoms. The summed E-state index contributed by atoms with van der Waals surface area (Å²) in [4.78, 5) is 2.49. The van der Waals surface area contributed by atoms with Crippen molar-refractivity contribution in [2.24, 2.45) is 0 Å². The van der Waals surface area contributed by atoms with E-state index < -0.39 is 0 Å². The van der Waals surface area contributed by atoms with Crippen LogP contribution in [0.15, 0.2) is 30.3 Å². The maximum atomic E-state index is 5.48. The Morgan fingerprint density at radius 1 is 1.24 bits per heavy atom. The van der Waals surface area contributed by atoms with Crippen molar-refractivity contribution in [1.29, 1.82) is 0 Å². The highest BCUT2D eigenvalue weighted by Crippen LogP contribution is 2.14. The van der Waals surface area contributed by atoms with Gasteiger partial charge in [0.15, 0.2) is 0 Å². The van der Waals surface area contributed by atoms with E-state index in [1.54, 1.807) is 0 Å². The van der Waals surface area contributed by atoms with E-state index in [4.69, 9.17) is 4.74 Å². The lowest BCUT2D eigenvalue weighted by molar-refractivity contribution is 0.139. The molecule has 0 bridgehead atoms.